The van der Waals surface area contributed by atoms with Gasteiger partial charge in [-0.2, -0.15) is 0 Å². The summed E-state index contributed by atoms with van der Waals surface area (Å²) >= 11 is 0. The van der Waals surface area contributed by atoms with Crippen LogP contribution in [0.2, 0.25) is 0 Å². The number of aryl methyl sites for hydroxylation is 4. The minimum absolute atomic E-state index is 0.0622. The van der Waals surface area contributed by atoms with Crippen molar-refractivity contribution in [3.8, 4) is 22.6 Å². The number of hydrogen-bond donors (Lipinski definition) is 1. The van der Waals surface area contributed by atoms with E-state index in [4.69, 9.17) is 4.42 Å². The van der Waals surface area contributed by atoms with Crippen molar-refractivity contribution in [3.05, 3.63) is 88.0 Å². The molecule has 0 aliphatic rings. The lowest BCUT2D eigenvalue weighted by Gasteiger charge is -2.12. The minimum atomic E-state index is -0.0622. The Morgan fingerprint density at radius 1 is 0.909 bits per heavy atom. The summed E-state index contributed by atoms with van der Waals surface area (Å²) in [7, 11) is 1.79. The van der Waals surface area contributed by atoms with E-state index in [9.17, 15) is 4.79 Å². The van der Waals surface area contributed by atoms with Gasteiger partial charge in [0, 0.05) is 41.1 Å². The Morgan fingerprint density at radius 3 is 2.48 bits per heavy atom. The van der Waals surface area contributed by atoms with Gasteiger partial charge < -0.3 is 14.3 Å². The lowest BCUT2D eigenvalue weighted by atomic mass is 9.99. The summed E-state index contributed by atoms with van der Waals surface area (Å²) in [6.45, 7) is 5.93. The number of anilines is 2. The molecule has 0 aliphatic carbocycles. The largest absolute Gasteiger partial charge is 0.403 e. The van der Waals surface area contributed by atoms with Crippen molar-refractivity contribution >= 4 is 22.6 Å². The predicted molar refractivity (Wildman–Crippen MR) is 130 cm³/mol. The Hall–Kier alpha value is -4.26. The van der Waals surface area contributed by atoms with Gasteiger partial charge >= 0.3 is 6.01 Å². The van der Waals surface area contributed by atoms with Gasteiger partial charge in [-0.15, -0.1) is 5.10 Å². The van der Waals surface area contributed by atoms with Gasteiger partial charge in [0.15, 0.2) is 0 Å². The summed E-state index contributed by atoms with van der Waals surface area (Å²) in [6, 6.07) is 17.8. The first kappa shape index (κ1) is 20.6. The average molecular weight is 438 g/mol. The molecule has 7 nitrogen and oxygen atoms in total. The van der Waals surface area contributed by atoms with Gasteiger partial charge in [-0.1, -0.05) is 28.9 Å². The second kappa shape index (κ2) is 8.02. The van der Waals surface area contributed by atoms with Crippen LogP contribution in [-0.4, -0.2) is 19.7 Å². The van der Waals surface area contributed by atoms with Crippen LogP contribution in [0.4, 0.5) is 11.7 Å². The Morgan fingerprint density at radius 2 is 1.70 bits per heavy atom. The molecule has 1 N–H and O–H groups in total. The zero-order valence-electron chi connectivity index (χ0n) is 18.9. The first-order valence-electron chi connectivity index (χ1n) is 10.6. The number of nitrogens with zero attached hydrogens (tertiary/aromatic N) is 4. The Kier molecular flexibility index (Phi) is 5.01. The van der Waals surface area contributed by atoms with E-state index in [1.165, 1.54) is 0 Å². The molecule has 2 aromatic carbocycles. The number of hydrogen-bond acceptors (Lipinski definition) is 6. The SMILES string of the molecule is Cc1ccc(-c2nnc(Nc3ccc(C)c(-c4cc5cnc(C)cc5n(C)c4=O)c3)o2)cc1. The monoisotopic (exact) mass is 437 g/mol. The molecule has 164 valence electrons. The first-order valence-corrected chi connectivity index (χ1v) is 10.6. The van der Waals surface area contributed by atoms with Gasteiger partial charge in [-0.05, 0) is 68.3 Å². The van der Waals surface area contributed by atoms with E-state index in [0.29, 0.717) is 11.5 Å². The van der Waals surface area contributed by atoms with Crippen LogP contribution < -0.4 is 10.9 Å². The van der Waals surface area contributed by atoms with Crippen molar-refractivity contribution in [1.29, 1.82) is 0 Å². The quantitative estimate of drug-likeness (QED) is 0.410. The molecule has 0 spiro atoms. The number of benzene rings is 2. The van der Waals surface area contributed by atoms with Gasteiger partial charge in [-0.3, -0.25) is 9.78 Å². The zero-order chi connectivity index (χ0) is 23.1. The molecule has 33 heavy (non-hydrogen) atoms. The first-order chi connectivity index (χ1) is 15.9. The fraction of sp³-hybridized carbons (Fsp3) is 0.154. The maximum atomic E-state index is 13.2. The van der Waals surface area contributed by atoms with Gasteiger partial charge in [0.05, 0.1) is 5.52 Å². The van der Waals surface area contributed by atoms with Crippen molar-refractivity contribution < 1.29 is 4.42 Å². The summed E-state index contributed by atoms with van der Waals surface area (Å²) in [5.74, 6) is 0.441. The van der Waals surface area contributed by atoms with E-state index in [0.717, 1.165) is 44.5 Å². The van der Waals surface area contributed by atoms with E-state index >= 15 is 0 Å². The molecule has 3 heterocycles. The molecule has 3 aromatic heterocycles. The fourth-order valence-corrected chi connectivity index (χ4v) is 3.86. The standard InChI is InChI=1S/C26H23N5O2/c1-15-5-8-18(9-6-15)24-29-30-26(33-24)28-20-10-7-16(2)21(13-20)22-12-19-14-27-17(3)11-23(19)31(4)25(22)32/h5-14H,1-4H3,(H,28,30). The van der Waals surface area contributed by atoms with E-state index in [1.54, 1.807) is 17.8 Å². The number of pyridine rings is 2. The molecule has 7 heteroatoms. The van der Waals surface area contributed by atoms with E-state index in [2.05, 4.69) is 20.5 Å². The molecule has 5 rings (SSSR count). The molecular formula is C26H23N5O2. The lowest BCUT2D eigenvalue weighted by Crippen LogP contribution is -2.19. The van der Waals surface area contributed by atoms with E-state index in [-0.39, 0.29) is 11.6 Å². The van der Waals surface area contributed by atoms with Crippen molar-refractivity contribution in [1.82, 2.24) is 19.7 Å². The third-order valence-corrected chi connectivity index (χ3v) is 5.75. The van der Waals surface area contributed by atoms with Crippen LogP contribution >= 0.6 is 0 Å². The number of rotatable bonds is 4. The topological polar surface area (TPSA) is 85.8 Å². The molecule has 0 radical (unpaired) electrons. The number of fused-ring (bicyclic) bond motifs is 1. The lowest BCUT2D eigenvalue weighted by molar-refractivity contribution is 0.587. The highest BCUT2D eigenvalue weighted by molar-refractivity contribution is 5.85. The maximum absolute atomic E-state index is 13.2. The highest BCUT2D eigenvalue weighted by Gasteiger charge is 2.14. The van der Waals surface area contributed by atoms with Crippen molar-refractivity contribution in [3.63, 3.8) is 0 Å². The summed E-state index contributed by atoms with van der Waals surface area (Å²) in [4.78, 5) is 17.6. The molecule has 0 bridgehead atoms. The van der Waals surface area contributed by atoms with Crippen LogP contribution in [0.15, 0.2) is 70.0 Å². The van der Waals surface area contributed by atoms with Crippen LogP contribution in [0.5, 0.6) is 0 Å². The van der Waals surface area contributed by atoms with Gasteiger partial charge in [0.1, 0.15) is 0 Å². The smallest absolute Gasteiger partial charge is 0.320 e. The molecule has 0 fully saturated rings. The molecule has 0 amide bonds. The normalized spacial score (nSPS) is 11.2. The zero-order valence-corrected chi connectivity index (χ0v) is 18.9. The maximum Gasteiger partial charge on any atom is 0.320 e. The second-order valence-electron chi connectivity index (χ2n) is 8.24. The fourth-order valence-electron chi connectivity index (χ4n) is 3.86. The molecule has 0 saturated heterocycles. The molecule has 5 aromatic rings. The van der Waals surface area contributed by atoms with Gasteiger partial charge in [0.25, 0.3) is 5.56 Å². The Balaban J connectivity index is 1.51. The van der Waals surface area contributed by atoms with Crippen LogP contribution in [0, 0.1) is 20.8 Å². The molecule has 0 atom stereocenters. The van der Waals surface area contributed by atoms with Crippen LogP contribution in [0.1, 0.15) is 16.8 Å². The van der Waals surface area contributed by atoms with Crippen molar-refractivity contribution in [2.45, 2.75) is 20.8 Å². The summed E-state index contributed by atoms with van der Waals surface area (Å²) in [5, 5.41) is 12.3. The Labute approximate surface area is 190 Å². The highest BCUT2D eigenvalue weighted by atomic mass is 16.4. The van der Waals surface area contributed by atoms with Crippen LogP contribution in [0.3, 0.4) is 0 Å². The van der Waals surface area contributed by atoms with Crippen LogP contribution in [-0.2, 0) is 7.05 Å². The molecule has 0 aliphatic heterocycles. The van der Waals surface area contributed by atoms with E-state index < -0.39 is 0 Å². The van der Waals surface area contributed by atoms with Gasteiger partial charge in [0.2, 0.25) is 5.89 Å². The number of aromatic nitrogens is 4. The third-order valence-electron chi connectivity index (χ3n) is 5.75. The summed E-state index contributed by atoms with van der Waals surface area (Å²) < 4.78 is 7.46. The van der Waals surface area contributed by atoms with Crippen molar-refractivity contribution in [2.24, 2.45) is 7.05 Å². The molecular weight excluding hydrogens is 414 g/mol. The van der Waals surface area contributed by atoms with Crippen molar-refractivity contribution in [2.75, 3.05) is 5.32 Å². The Bertz CT molecular complexity index is 1550. The van der Waals surface area contributed by atoms with Gasteiger partial charge in [-0.25, -0.2) is 0 Å². The molecule has 0 saturated carbocycles. The average Bonchev–Trinajstić information content (AvgIpc) is 3.27. The molecule has 0 unspecified atom stereocenters. The minimum Gasteiger partial charge on any atom is -0.403 e. The number of nitrogens with one attached hydrogen (secondary N) is 1. The summed E-state index contributed by atoms with van der Waals surface area (Å²) in [6.07, 6.45) is 1.80. The summed E-state index contributed by atoms with van der Waals surface area (Å²) in [5.41, 5.74) is 6.87. The third kappa shape index (κ3) is 3.89. The highest BCUT2D eigenvalue weighted by Crippen LogP contribution is 2.29. The second-order valence-corrected chi connectivity index (χ2v) is 8.24. The van der Waals surface area contributed by atoms with Crippen LogP contribution in [0.25, 0.3) is 33.5 Å². The van der Waals surface area contributed by atoms with E-state index in [1.807, 2.05) is 75.4 Å². The predicted octanol–water partition coefficient (Wildman–Crippen LogP) is 5.32.